The summed E-state index contributed by atoms with van der Waals surface area (Å²) in [6, 6.07) is 16.9. The summed E-state index contributed by atoms with van der Waals surface area (Å²) in [6.45, 7) is 0. The van der Waals surface area contributed by atoms with E-state index in [4.69, 9.17) is 0 Å². The minimum absolute atomic E-state index is 0.0530. The van der Waals surface area contributed by atoms with E-state index in [0.29, 0.717) is 37.7 Å². The molecule has 0 saturated carbocycles. The number of fused-ring (bicyclic) bond motifs is 2. The lowest BCUT2D eigenvalue weighted by molar-refractivity contribution is -0.384. The highest BCUT2D eigenvalue weighted by Gasteiger charge is 2.36. The number of imide groups is 1. The van der Waals surface area contributed by atoms with Crippen LogP contribution in [0, 0.1) is 10.1 Å². The third-order valence-corrected chi connectivity index (χ3v) is 5.92. The van der Waals surface area contributed by atoms with Gasteiger partial charge in [0, 0.05) is 17.7 Å². The smallest absolute Gasteiger partial charge is 0.270 e. The maximum atomic E-state index is 12.6. The molecule has 0 saturated heterocycles. The van der Waals surface area contributed by atoms with Crippen LogP contribution in [0.1, 0.15) is 31.1 Å². The molecule has 3 amide bonds. The van der Waals surface area contributed by atoms with Crippen LogP contribution in [0.15, 0.2) is 66.7 Å². The highest BCUT2D eigenvalue weighted by atomic mass is 32.1. The van der Waals surface area contributed by atoms with E-state index >= 15 is 0 Å². The van der Waals surface area contributed by atoms with Gasteiger partial charge in [-0.05, 0) is 42.5 Å². The number of rotatable bonds is 4. The molecule has 0 aliphatic carbocycles. The van der Waals surface area contributed by atoms with Crippen molar-refractivity contribution in [3.63, 3.8) is 0 Å². The normalized spacial score (nSPS) is 12.8. The number of nitrogens with zero attached hydrogens (tertiary/aromatic N) is 3. The van der Waals surface area contributed by atoms with E-state index in [0.717, 1.165) is 16.2 Å². The molecule has 0 unspecified atom stereocenters. The molecule has 4 aromatic rings. The third-order valence-electron chi connectivity index (χ3n) is 4.99. The minimum atomic E-state index is -0.493. The van der Waals surface area contributed by atoms with Crippen molar-refractivity contribution in [2.24, 2.45) is 0 Å². The highest BCUT2D eigenvalue weighted by Crippen LogP contribution is 2.30. The summed E-state index contributed by atoms with van der Waals surface area (Å²) >= 11 is 1.12. The Morgan fingerprint density at radius 3 is 2.25 bits per heavy atom. The molecule has 0 spiro atoms. The van der Waals surface area contributed by atoms with Crippen molar-refractivity contribution in [3.8, 4) is 0 Å². The lowest BCUT2D eigenvalue weighted by atomic mass is 10.1. The Labute approximate surface area is 184 Å². The molecular weight excluding hydrogens is 432 g/mol. The van der Waals surface area contributed by atoms with E-state index in [2.05, 4.69) is 10.3 Å². The summed E-state index contributed by atoms with van der Waals surface area (Å²) in [6.07, 6.45) is 0. The Kier molecular flexibility index (Phi) is 4.49. The van der Waals surface area contributed by atoms with Gasteiger partial charge < -0.3 is 0 Å². The fourth-order valence-electron chi connectivity index (χ4n) is 3.44. The maximum Gasteiger partial charge on any atom is 0.270 e. The minimum Gasteiger partial charge on any atom is -0.298 e. The zero-order valence-electron chi connectivity index (χ0n) is 16.1. The van der Waals surface area contributed by atoms with Crippen molar-refractivity contribution in [2.75, 3.05) is 10.2 Å². The molecule has 0 bridgehead atoms. The van der Waals surface area contributed by atoms with Crippen molar-refractivity contribution < 1.29 is 19.3 Å². The van der Waals surface area contributed by atoms with Gasteiger partial charge >= 0.3 is 0 Å². The van der Waals surface area contributed by atoms with Gasteiger partial charge in [0.2, 0.25) is 0 Å². The first-order valence-corrected chi connectivity index (χ1v) is 10.2. The molecule has 1 aliphatic heterocycles. The summed E-state index contributed by atoms with van der Waals surface area (Å²) in [4.78, 5) is 53.6. The van der Waals surface area contributed by atoms with Gasteiger partial charge in [-0.1, -0.05) is 23.5 Å². The number of hydrogen-bond acceptors (Lipinski definition) is 7. The second-order valence-corrected chi connectivity index (χ2v) is 7.95. The predicted octanol–water partition coefficient (Wildman–Crippen LogP) is 4.26. The Hall–Kier alpha value is -4.44. The van der Waals surface area contributed by atoms with Crippen molar-refractivity contribution in [1.29, 1.82) is 0 Å². The molecule has 1 aliphatic rings. The van der Waals surface area contributed by atoms with Crippen LogP contribution >= 0.6 is 11.3 Å². The Morgan fingerprint density at radius 1 is 0.969 bits per heavy atom. The molecule has 1 N–H and O–H groups in total. The number of amides is 3. The Bertz CT molecular complexity index is 1410. The van der Waals surface area contributed by atoms with Crippen LogP contribution in [-0.4, -0.2) is 27.6 Å². The molecule has 3 aromatic carbocycles. The summed E-state index contributed by atoms with van der Waals surface area (Å²) in [7, 11) is 0. The summed E-state index contributed by atoms with van der Waals surface area (Å²) in [5.74, 6) is -1.26. The van der Waals surface area contributed by atoms with Crippen molar-refractivity contribution in [1.82, 2.24) is 4.98 Å². The number of nitro benzene ring substituents is 1. The van der Waals surface area contributed by atoms with Crippen molar-refractivity contribution in [2.45, 2.75) is 0 Å². The molecule has 0 radical (unpaired) electrons. The largest absolute Gasteiger partial charge is 0.298 e. The molecule has 1 aromatic heterocycles. The van der Waals surface area contributed by atoms with Crippen molar-refractivity contribution >= 4 is 55.8 Å². The summed E-state index contributed by atoms with van der Waals surface area (Å²) in [5, 5.41) is 13.9. The lowest BCUT2D eigenvalue weighted by Crippen LogP contribution is -2.29. The van der Waals surface area contributed by atoms with Gasteiger partial charge in [0.1, 0.15) is 0 Å². The standard InChI is InChI=1S/C22H12N4O5S/c27-19(24-22-23-17-10-9-14(26(30)31)11-18(17)32-22)12-5-7-13(8-6-12)25-20(28)15-3-1-2-4-16(15)21(25)29/h1-11H,(H,23,24,27). The number of anilines is 2. The third kappa shape index (κ3) is 3.19. The van der Waals surface area contributed by atoms with E-state index in [9.17, 15) is 24.5 Å². The van der Waals surface area contributed by atoms with Gasteiger partial charge in [0.05, 0.1) is 32.0 Å². The first-order chi connectivity index (χ1) is 15.4. The number of carbonyl (C=O) groups is 3. The highest BCUT2D eigenvalue weighted by molar-refractivity contribution is 7.22. The lowest BCUT2D eigenvalue weighted by Gasteiger charge is -2.14. The van der Waals surface area contributed by atoms with Crippen LogP contribution < -0.4 is 10.2 Å². The number of thiazole rings is 1. The second-order valence-electron chi connectivity index (χ2n) is 6.92. The monoisotopic (exact) mass is 444 g/mol. The van der Waals surface area contributed by atoms with Gasteiger partial charge in [0.15, 0.2) is 5.13 Å². The average molecular weight is 444 g/mol. The SMILES string of the molecule is O=C(Nc1nc2ccc([N+](=O)[O-])cc2s1)c1ccc(N2C(=O)c3ccccc3C2=O)cc1. The van der Waals surface area contributed by atoms with E-state index < -0.39 is 22.6 Å². The molecule has 9 nitrogen and oxygen atoms in total. The molecule has 10 heteroatoms. The van der Waals surface area contributed by atoms with Crippen LogP contribution in [0.25, 0.3) is 10.2 Å². The van der Waals surface area contributed by atoms with E-state index in [1.54, 1.807) is 24.3 Å². The van der Waals surface area contributed by atoms with Gasteiger partial charge in [-0.25, -0.2) is 9.88 Å². The second kappa shape index (κ2) is 7.36. The Balaban J connectivity index is 1.35. The van der Waals surface area contributed by atoms with Gasteiger partial charge in [0.25, 0.3) is 23.4 Å². The number of benzene rings is 3. The number of non-ortho nitro benzene ring substituents is 1. The van der Waals surface area contributed by atoms with Gasteiger partial charge in [-0.2, -0.15) is 0 Å². The number of carbonyl (C=O) groups excluding carboxylic acids is 3. The van der Waals surface area contributed by atoms with Crippen LogP contribution in [0.5, 0.6) is 0 Å². The molecule has 32 heavy (non-hydrogen) atoms. The number of nitro groups is 1. The first-order valence-electron chi connectivity index (χ1n) is 9.36. The number of nitrogens with one attached hydrogen (secondary N) is 1. The number of hydrogen-bond donors (Lipinski definition) is 1. The van der Waals surface area contributed by atoms with Crippen molar-refractivity contribution in [3.05, 3.63) is 93.5 Å². The zero-order chi connectivity index (χ0) is 22.4. The average Bonchev–Trinajstić information content (AvgIpc) is 3.31. The van der Waals surface area contributed by atoms with Crippen LogP contribution in [0.3, 0.4) is 0 Å². The summed E-state index contributed by atoms with van der Waals surface area (Å²) in [5.41, 5.74) is 1.83. The zero-order valence-corrected chi connectivity index (χ0v) is 17.0. The van der Waals surface area contributed by atoms with E-state index in [1.165, 1.54) is 42.5 Å². The van der Waals surface area contributed by atoms with Gasteiger partial charge in [-0.3, -0.25) is 29.8 Å². The van der Waals surface area contributed by atoms with E-state index in [-0.39, 0.29) is 5.69 Å². The molecule has 0 fully saturated rings. The quantitative estimate of drug-likeness (QED) is 0.285. The topological polar surface area (TPSA) is 123 Å². The predicted molar refractivity (Wildman–Crippen MR) is 118 cm³/mol. The molecular formula is C22H12N4O5S. The Morgan fingerprint density at radius 2 is 1.62 bits per heavy atom. The fraction of sp³-hybridized carbons (Fsp3) is 0. The first kappa shape index (κ1) is 19.5. The molecule has 156 valence electrons. The van der Waals surface area contributed by atoms with Crippen LogP contribution in [0.2, 0.25) is 0 Å². The fourth-order valence-corrected chi connectivity index (χ4v) is 4.33. The number of aromatic nitrogens is 1. The van der Waals surface area contributed by atoms with Crippen LogP contribution in [0.4, 0.5) is 16.5 Å². The maximum absolute atomic E-state index is 12.6. The molecule has 2 heterocycles. The molecule has 0 atom stereocenters. The summed E-state index contributed by atoms with van der Waals surface area (Å²) < 4.78 is 0.579. The van der Waals surface area contributed by atoms with Gasteiger partial charge in [-0.15, -0.1) is 0 Å². The molecule has 5 rings (SSSR count). The van der Waals surface area contributed by atoms with Crippen LogP contribution in [-0.2, 0) is 0 Å². The van der Waals surface area contributed by atoms with E-state index in [1.807, 2.05) is 0 Å².